The minimum atomic E-state index is 0.689. The van der Waals surface area contributed by atoms with E-state index in [-0.39, 0.29) is 0 Å². The average Bonchev–Trinajstić information content (AvgIpc) is 2.41. The van der Waals surface area contributed by atoms with Gasteiger partial charge < -0.3 is 10.5 Å². The van der Waals surface area contributed by atoms with Crippen LogP contribution in [0.25, 0.3) is 10.9 Å². The summed E-state index contributed by atoms with van der Waals surface area (Å²) in [6.07, 6.45) is 3.41. The highest BCUT2D eigenvalue weighted by atomic mass is 16.5. The SMILES string of the molecule is Cc1ccc(Oc2ccnc3cc(N)ccc23)cn1. The van der Waals surface area contributed by atoms with Gasteiger partial charge in [0.05, 0.1) is 11.7 Å². The standard InChI is InChI=1S/C15H13N3O/c1-10-2-4-12(9-18-10)19-15-6-7-17-14-8-11(16)3-5-13(14)15/h2-9H,16H2,1H3. The van der Waals surface area contributed by atoms with Crippen LogP contribution < -0.4 is 10.5 Å². The van der Waals surface area contributed by atoms with Crippen molar-refractivity contribution in [3.8, 4) is 11.5 Å². The average molecular weight is 251 g/mol. The van der Waals surface area contributed by atoms with Gasteiger partial charge in [-0.15, -0.1) is 0 Å². The van der Waals surface area contributed by atoms with E-state index in [0.29, 0.717) is 11.4 Å². The number of fused-ring (bicyclic) bond motifs is 1. The zero-order valence-corrected chi connectivity index (χ0v) is 10.5. The molecule has 4 heteroatoms. The Morgan fingerprint density at radius 3 is 2.74 bits per heavy atom. The van der Waals surface area contributed by atoms with Crippen LogP contribution in [0.4, 0.5) is 5.69 Å². The van der Waals surface area contributed by atoms with E-state index in [0.717, 1.165) is 22.3 Å². The molecule has 0 bridgehead atoms. The van der Waals surface area contributed by atoms with Gasteiger partial charge in [-0.05, 0) is 43.3 Å². The molecular formula is C15H13N3O. The third kappa shape index (κ3) is 2.33. The van der Waals surface area contributed by atoms with Crippen molar-refractivity contribution in [1.82, 2.24) is 9.97 Å². The number of benzene rings is 1. The summed E-state index contributed by atoms with van der Waals surface area (Å²) in [5.41, 5.74) is 8.22. The number of rotatable bonds is 2. The molecule has 0 aliphatic heterocycles. The van der Waals surface area contributed by atoms with Gasteiger partial charge in [-0.3, -0.25) is 9.97 Å². The first kappa shape index (κ1) is 11.5. The molecule has 1 aromatic carbocycles. The summed E-state index contributed by atoms with van der Waals surface area (Å²) in [6, 6.07) is 11.2. The van der Waals surface area contributed by atoms with Crippen LogP contribution in [0.5, 0.6) is 11.5 Å². The van der Waals surface area contributed by atoms with E-state index in [1.807, 2.05) is 43.3 Å². The number of nitrogens with zero attached hydrogens (tertiary/aromatic N) is 2. The predicted molar refractivity (Wildman–Crippen MR) is 75.2 cm³/mol. The Morgan fingerprint density at radius 1 is 1.05 bits per heavy atom. The van der Waals surface area contributed by atoms with Crippen molar-refractivity contribution in [2.24, 2.45) is 0 Å². The van der Waals surface area contributed by atoms with Crippen LogP contribution in [0.3, 0.4) is 0 Å². The quantitative estimate of drug-likeness (QED) is 0.710. The molecule has 0 saturated carbocycles. The number of anilines is 1. The zero-order chi connectivity index (χ0) is 13.2. The van der Waals surface area contributed by atoms with Crippen molar-refractivity contribution in [3.63, 3.8) is 0 Å². The van der Waals surface area contributed by atoms with Crippen LogP contribution >= 0.6 is 0 Å². The lowest BCUT2D eigenvalue weighted by Crippen LogP contribution is -1.90. The summed E-state index contributed by atoms with van der Waals surface area (Å²) in [5.74, 6) is 1.45. The Hall–Kier alpha value is -2.62. The molecular weight excluding hydrogens is 238 g/mol. The van der Waals surface area contributed by atoms with Crippen molar-refractivity contribution < 1.29 is 4.74 Å². The van der Waals surface area contributed by atoms with Crippen molar-refractivity contribution in [3.05, 3.63) is 54.5 Å². The van der Waals surface area contributed by atoms with E-state index in [1.54, 1.807) is 12.4 Å². The molecule has 94 valence electrons. The van der Waals surface area contributed by atoms with Gasteiger partial charge >= 0.3 is 0 Å². The Balaban J connectivity index is 2.03. The van der Waals surface area contributed by atoms with Crippen LogP contribution in [0.2, 0.25) is 0 Å². The maximum Gasteiger partial charge on any atom is 0.145 e. The molecule has 2 N–H and O–H groups in total. The van der Waals surface area contributed by atoms with Crippen LogP contribution in [0, 0.1) is 6.92 Å². The van der Waals surface area contributed by atoms with E-state index in [4.69, 9.17) is 10.5 Å². The smallest absolute Gasteiger partial charge is 0.145 e. The normalized spacial score (nSPS) is 10.6. The van der Waals surface area contributed by atoms with Gasteiger partial charge in [-0.25, -0.2) is 0 Å². The molecule has 0 aliphatic rings. The highest BCUT2D eigenvalue weighted by Crippen LogP contribution is 2.29. The molecule has 0 spiro atoms. The van der Waals surface area contributed by atoms with E-state index >= 15 is 0 Å². The molecule has 0 unspecified atom stereocenters. The Bertz CT molecular complexity index is 723. The van der Waals surface area contributed by atoms with E-state index in [1.165, 1.54) is 0 Å². The second kappa shape index (κ2) is 4.57. The molecule has 2 aromatic heterocycles. The van der Waals surface area contributed by atoms with Gasteiger partial charge in [-0.2, -0.15) is 0 Å². The first-order valence-electron chi connectivity index (χ1n) is 5.97. The lowest BCUT2D eigenvalue weighted by atomic mass is 10.2. The first-order chi connectivity index (χ1) is 9.22. The molecule has 0 aliphatic carbocycles. The number of nitrogen functional groups attached to an aromatic ring is 1. The molecule has 0 fully saturated rings. The maximum atomic E-state index is 5.84. The molecule has 19 heavy (non-hydrogen) atoms. The molecule has 0 amide bonds. The van der Waals surface area contributed by atoms with Crippen molar-refractivity contribution in [2.75, 3.05) is 5.73 Å². The predicted octanol–water partition coefficient (Wildman–Crippen LogP) is 3.31. The minimum Gasteiger partial charge on any atom is -0.455 e. The maximum absolute atomic E-state index is 5.84. The first-order valence-corrected chi connectivity index (χ1v) is 5.97. The van der Waals surface area contributed by atoms with Gasteiger partial charge in [0.25, 0.3) is 0 Å². The Labute approximate surface area is 110 Å². The van der Waals surface area contributed by atoms with E-state index in [2.05, 4.69) is 9.97 Å². The number of hydrogen-bond acceptors (Lipinski definition) is 4. The summed E-state index contributed by atoms with van der Waals surface area (Å²) in [5, 5.41) is 0.928. The highest BCUT2D eigenvalue weighted by Gasteiger charge is 2.05. The van der Waals surface area contributed by atoms with Crippen molar-refractivity contribution in [2.45, 2.75) is 6.92 Å². The zero-order valence-electron chi connectivity index (χ0n) is 10.5. The largest absolute Gasteiger partial charge is 0.455 e. The Kier molecular flexibility index (Phi) is 2.76. The summed E-state index contributed by atoms with van der Waals surface area (Å²) >= 11 is 0. The molecule has 0 atom stereocenters. The number of nitrogens with two attached hydrogens (primary N) is 1. The second-order valence-corrected chi connectivity index (χ2v) is 4.32. The second-order valence-electron chi connectivity index (χ2n) is 4.32. The molecule has 0 radical (unpaired) electrons. The fourth-order valence-corrected chi connectivity index (χ4v) is 1.87. The van der Waals surface area contributed by atoms with Gasteiger partial charge in [0.1, 0.15) is 11.5 Å². The van der Waals surface area contributed by atoms with Gasteiger partial charge in [0, 0.05) is 23.0 Å². The number of aromatic nitrogens is 2. The fourth-order valence-electron chi connectivity index (χ4n) is 1.87. The highest BCUT2D eigenvalue weighted by molar-refractivity contribution is 5.87. The monoisotopic (exact) mass is 251 g/mol. The third-order valence-electron chi connectivity index (χ3n) is 2.84. The molecule has 2 heterocycles. The van der Waals surface area contributed by atoms with Crippen LogP contribution in [-0.2, 0) is 0 Å². The topological polar surface area (TPSA) is 61.0 Å². The van der Waals surface area contributed by atoms with Crippen molar-refractivity contribution in [1.29, 1.82) is 0 Å². The summed E-state index contributed by atoms with van der Waals surface area (Å²) in [4.78, 5) is 8.49. The number of pyridine rings is 2. The van der Waals surface area contributed by atoms with Gasteiger partial charge in [0.15, 0.2) is 0 Å². The Morgan fingerprint density at radius 2 is 1.95 bits per heavy atom. The van der Waals surface area contributed by atoms with Crippen LogP contribution in [0.1, 0.15) is 5.69 Å². The number of hydrogen-bond donors (Lipinski definition) is 1. The minimum absolute atomic E-state index is 0.689. The molecule has 3 aromatic rings. The van der Waals surface area contributed by atoms with Crippen LogP contribution in [-0.4, -0.2) is 9.97 Å². The number of aryl methyl sites for hydroxylation is 1. The van der Waals surface area contributed by atoms with Crippen molar-refractivity contribution >= 4 is 16.6 Å². The number of ether oxygens (including phenoxy) is 1. The van der Waals surface area contributed by atoms with Crippen LogP contribution in [0.15, 0.2) is 48.8 Å². The van der Waals surface area contributed by atoms with Gasteiger partial charge in [-0.1, -0.05) is 0 Å². The van der Waals surface area contributed by atoms with E-state index in [9.17, 15) is 0 Å². The summed E-state index contributed by atoms with van der Waals surface area (Å²) in [7, 11) is 0. The summed E-state index contributed by atoms with van der Waals surface area (Å²) in [6.45, 7) is 1.94. The molecule has 4 nitrogen and oxygen atoms in total. The molecule has 3 rings (SSSR count). The fraction of sp³-hybridized carbons (Fsp3) is 0.0667. The summed E-state index contributed by atoms with van der Waals surface area (Å²) < 4.78 is 5.84. The lowest BCUT2D eigenvalue weighted by Gasteiger charge is -2.08. The van der Waals surface area contributed by atoms with E-state index < -0.39 is 0 Å². The van der Waals surface area contributed by atoms with Gasteiger partial charge in [0.2, 0.25) is 0 Å². The molecule has 0 saturated heterocycles. The third-order valence-corrected chi connectivity index (χ3v) is 2.84. The lowest BCUT2D eigenvalue weighted by molar-refractivity contribution is 0.485.